The maximum atomic E-state index is 6.16. The number of rotatable bonds is 4. The quantitative estimate of drug-likeness (QED) is 0.901. The van der Waals surface area contributed by atoms with Gasteiger partial charge in [0.15, 0.2) is 5.82 Å². The van der Waals surface area contributed by atoms with E-state index in [1.165, 1.54) is 0 Å². The summed E-state index contributed by atoms with van der Waals surface area (Å²) < 4.78 is 3.62. The number of anilines is 1. The lowest BCUT2D eigenvalue weighted by Gasteiger charge is -2.04. The van der Waals surface area contributed by atoms with Gasteiger partial charge in [-0.25, -0.2) is 9.36 Å². The van der Waals surface area contributed by atoms with Gasteiger partial charge in [-0.1, -0.05) is 27.2 Å². The largest absolute Gasteiger partial charge is 0.394 e. The lowest BCUT2D eigenvalue weighted by molar-refractivity contribution is 0.674. The Morgan fingerprint density at radius 2 is 2.06 bits per heavy atom. The van der Waals surface area contributed by atoms with E-state index >= 15 is 0 Å². The van der Waals surface area contributed by atoms with E-state index in [9.17, 15) is 0 Å². The third kappa shape index (κ3) is 2.12. The molecular formula is C13H21N5. The SMILES string of the molecule is CCCc1nn(C)c(-n2ccc(C(C)C)n2)c1N. The Morgan fingerprint density at radius 3 is 2.61 bits per heavy atom. The molecule has 0 aromatic carbocycles. The smallest absolute Gasteiger partial charge is 0.175 e. The maximum Gasteiger partial charge on any atom is 0.175 e. The van der Waals surface area contributed by atoms with Gasteiger partial charge in [-0.05, 0) is 18.4 Å². The summed E-state index contributed by atoms with van der Waals surface area (Å²) in [6, 6.07) is 2.02. The molecule has 0 unspecified atom stereocenters. The highest BCUT2D eigenvalue weighted by atomic mass is 15.4. The molecule has 2 aromatic heterocycles. The molecule has 5 nitrogen and oxygen atoms in total. The Labute approximate surface area is 108 Å². The van der Waals surface area contributed by atoms with E-state index in [0.29, 0.717) is 5.92 Å². The van der Waals surface area contributed by atoms with Crippen molar-refractivity contribution in [2.45, 2.75) is 39.5 Å². The molecule has 0 aliphatic carbocycles. The first-order valence-electron chi connectivity index (χ1n) is 6.41. The Morgan fingerprint density at radius 1 is 1.33 bits per heavy atom. The van der Waals surface area contributed by atoms with Gasteiger partial charge in [0.05, 0.1) is 11.4 Å². The van der Waals surface area contributed by atoms with Gasteiger partial charge in [0.1, 0.15) is 5.69 Å². The number of nitrogens with zero attached hydrogens (tertiary/aromatic N) is 4. The molecule has 2 aromatic rings. The molecule has 0 fully saturated rings. The van der Waals surface area contributed by atoms with Gasteiger partial charge in [-0.2, -0.15) is 10.2 Å². The van der Waals surface area contributed by atoms with Crippen LogP contribution in [0.2, 0.25) is 0 Å². The van der Waals surface area contributed by atoms with Crippen LogP contribution >= 0.6 is 0 Å². The molecule has 0 saturated heterocycles. The summed E-state index contributed by atoms with van der Waals surface area (Å²) >= 11 is 0. The molecule has 2 heterocycles. The molecule has 0 amide bonds. The summed E-state index contributed by atoms with van der Waals surface area (Å²) in [4.78, 5) is 0. The summed E-state index contributed by atoms with van der Waals surface area (Å²) in [6.45, 7) is 6.38. The van der Waals surface area contributed by atoms with Crippen molar-refractivity contribution in [2.24, 2.45) is 7.05 Å². The van der Waals surface area contributed by atoms with E-state index in [1.807, 2.05) is 24.0 Å². The molecule has 5 heteroatoms. The van der Waals surface area contributed by atoms with Crippen molar-refractivity contribution in [3.8, 4) is 5.82 Å². The zero-order valence-electron chi connectivity index (χ0n) is 11.5. The second-order valence-corrected chi connectivity index (χ2v) is 4.90. The molecule has 2 rings (SSSR count). The van der Waals surface area contributed by atoms with Gasteiger partial charge in [-0.15, -0.1) is 0 Å². The van der Waals surface area contributed by atoms with E-state index in [0.717, 1.165) is 35.7 Å². The molecule has 0 radical (unpaired) electrons. The molecule has 2 N–H and O–H groups in total. The number of hydrogen-bond donors (Lipinski definition) is 1. The summed E-state index contributed by atoms with van der Waals surface area (Å²) in [5.74, 6) is 1.26. The Hall–Kier alpha value is -1.78. The first-order valence-corrected chi connectivity index (χ1v) is 6.41. The van der Waals surface area contributed by atoms with Crippen LogP contribution < -0.4 is 5.73 Å². The van der Waals surface area contributed by atoms with Crippen molar-refractivity contribution < 1.29 is 0 Å². The highest BCUT2D eigenvalue weighted by molar-refractivity contribution is 5.57. The fraction of sp³-hybridized carbons (Fsp3) is 0.538. The van der Waals surface area contributed by atoms with Crippen molar-refractivity contribution >= 4 is 5.69 Å². The second-order valence-electron chi connectivity index (χ2n) is 4.90. The van der Waals surface area contributed by atoms with E-state index in [1.54, 1.807) is 4.68 Å². The van der Waals surface area contributed by atoms with Crippen LogP contribution in [0, 0.1) is 0 Å². The van der Waals surface area contributed by atoms with Crippen LogP contribution in [-0.2, 0) is 13.5 Å². The minimum absolute atomic E-state index is 0.413. The highest BCUT2D eigenvalue weighted by Crippen LogP contribution is 2.22. The van der Waals surface area contributed by atoms with Crippen LogP contribution in [0.15, 0.2) is 12.3 Å². The van der Waals surface area contributed by atoms with Crippen LogP contribution in [0.4, 0.5) is 5.69 Å². The van der Waals surface area contributed by atoms with Crippen LogP contribution in [0.5, 0.6) is 0 Å². The molecule has 98 valence electrons. The van der Waals surface area contributed by atoms with Gasteiger partial charge in [0.25, 0.3) is 0 Å². The topological polar surface area (TPSA) is 61.7 Å². The third-order valence-corrected chi connectivity index (χ3v) is 3.03. The summed E-state index contributed by atoms with van der Waals surface area (Å²) in [5.41, 5.74) is 8.92. The Bertz CT molecular complexity index is 536. The number of nitrogens with two attached hydrogens (primary N) is 1. The lowest BCUT2D eigenvalue weighted by atomic mass is 10.1. The van der Waals surface area contributed by atoms with Crippen molar-refractivity contribution in [2.75, 3.05) is 5.73 Å². The summed E-state index contributed by atoms with van der Waals surface area (Å²) in [7, 11) is 1.90. The molecule has 0 bridgehead atoms. The van der Waals surface area contributed by atoms with Gasteiger partial charge < -0.3 is 5.73 Å². The summed E-state index contributed by atoms with van der Waals surface area (Å²) in [5, 5.41) is 9.01. The normalized spacial score (nSPS) is 11.4. The monoisotopic (exact) mass is 247 g/mol. The molecule has 18 heavy (non-hydrogen) atoms. The average molecular weight is 247 g/mol. The van der Waals surface area contributed by atoms with Gasteiger partial charge in [0, 0.05) is 13.2 Å². The van der Waals surface area contributed by atoms with E-state index in [4.69, 9.17) is 5.73 Å². The molecule has 0 aliphatic heterocycles. The minimum Gasteiger partial charge on any atom is -0.394 e. The Kier molecular flexibility index (Phi) is 3.41. The van der Waals surface area contributed by atoms with Crippen LogP contribution in [0.25, 0.3) is 5.82 Å². The second kappa shape index (κ2) is 4.84. The van der Waals surface area contributed by atoms with Gasteiger partial charge in [0.2, 0.25) is 0 Å². The highest BCUT2D eigenvalue weighted by Gasteiger charge is 2.15. The Balaban J connectivity index is 2.43. The lowest BCUT2D eigenvalue weighted by Crippen LogP contribution is -2.06. The molecule has 0 saturated carbocycles. The molecule has 0 atom stereocenters. The average Bonchev–Trinajstić information content (AvgIpc) is 2.86. The van der Waals surface area contributed by atoms with Crippen LogP contribution in [0.1, 0.15) is 44.5 Å². The predicted octanol–water partition coefficient (Wildman–Crippen LogP) is 2.26. The van der Waals surface area contributed by atoms with Crippen LogP contribution in [0.3, 0.4) is 0 Å². The van der Waals surface area contributed by atoms with Gasteiger partial charge >= 0.3 is 0 Å². The predicted molar refractivity (Wildman–Crippen MR) is 72.8 cm³/mol. The van der Waals surface area contributed by atoms with Crippen molar-refractivity contribution in [3.63, 3.8) is 0 Å². The van der Waals surface area contributed by atoms with E-state index in [-0.39, 0.29) is 0 Å². The fourth-order valence-corrected chi connectivity index (χ4v) is 2.04. The molecule has 0 aliphatic rings. The van der Waals surface area contributed by atoms with E-state index < -0.39 is 0 Å². The third-order valence-electron chi connectivity index (χ3n) is 3.03. The summed E-state index contributed by atoms with van der Waals surface area (Å²) in [6.07, 6.45) is 3.88. The molecule has 0 spiro atoms. The molecular weight excluding hydrogens is 226 g/mol. The van der Waals surface area contributed by atoms with E-state index in [2.05, 4.69) is 31.0 Å². The fourth-order valence-electron chi connectivity index (χ4n) is 2.04. The first kappa shape index (κ1) is 12.7. The minimum atomic E-state index is 0.413. The number of aryl methyl sites for hydroxylation is 2. The zero-order chi connectivity index (χ0) is 13.3. The van der Waals surface area contributed by atoms with Crippen molar-refractivity contribution in [1.29, 1.82) is 0 Å². The first-order chi connectivity index (χ1) is 8.54. The number of hydrogen-bond acceptors (Lipinski definition) is 3. The van der Waals surface area contributed by atoms with Crippen molar-refractivity contribution in [1.82, 2.24) is 19.6 Å². The van der Waals surface area contributed by atoms with Gasteiger partial charge in [-0.3, -0.25) is 0 Å². The van der Waals surface area contributed by atoms with Crippen molar-refractivity contribution in [3.05, 3.63) is 23.7 Å². The zero-order valence-corrected chi connectivity index (χ0v) is 11.5. The van der Waals surface area contributed by atoms with Crippen LogP contribution in [-0.4, -0.2) is 19.6 Å². The number of aromatic nitrogens is 4. The maximum absolute atomic E-state index is 6.16. The standard InChI is InChI=1S/C13H21N5/c1-5-6-11-12(14)13(17(4)15-11)18-8-7-10(16-18)9(2)3/h7-9H,5-6,14H2,1-4H3. The number of nitrogen functional groups attached to an aromatic ring is 1.